The lowest BCUT2D eigenvalue weighted by Gasteiger charge is -2.06. The maximum Gasteiger partial charge on any atom is 0.157 e. The van der Waals surface area contributed by atoms with Crippen LogP contribution in [0.5, 0.6) is 0 Å². The number of aromatic nitrogens is 4. The van der Waals surface area contributed by atoms with Crippen LogP contribution in [0.2, 0.25) is 0 Å². The number of hydrogen-bond donors (Lipinski definition) is 0. The van der Waals surface area contributed by atoms with E-state index >= 15 is 0 Å². The van der Waals surface area contributed by atoms with Crippen molar-refractivity contribution in [2.75, 3.05) is 0 Å². The minimum Gasteiger partial charge on any atom is -0.238 e. The Bertz CT molecular complexity index is 563. The van der Waals surface area contributed by atoms with Crippen LogP contribution in [0.4, 0.5) is 0 Å². The van der Waals surface area contributed by atoms with Crippen LogP contribution < -0.4 is 0 Å². The Kier molecular flexibility index (Phi) is 2.24. The third-order valence-electron chi connectivity index (χ3n) is 3.30. The van der Waals surface area contributed by atoms with Crippen LogP contribution in [0.3, 0.4) is 0 Å². The summed E-state index contributed by atoms with van der Waals surface area (Å²) in [5.74, 6) is 1.71. The molecule has 0 N–H and O–H groups in total. The second-order valence-electron chi connectivity index (χ2n) is 4.69. The van der Waals surface area contributed by atoms with E-state index in [1.54, 1.807) is 0 Å². The molecule has 4 nitrogen and oxygen atoms in total. The summed E-state index contributed by atoms with van der Waals surface area (Å²) in [4.78, 5) is 8.79. The maximum absolute atomic E-state index is 4.61. The summed E-state index contributed by atoms with van der Waals surface area (Å²) in [6, 6.07) is 2.00. The number of hydrogen-bond acceptors (Lipinski definition) is 3. The third-order valence-corrected chi connectivity index (χ3v) is 3.30. The number of rotatable bonds is 1. The standard InChI is InChI=1S/C13H16N4/c1-8-7-13(15-10(3)14-8)17-12-6-4-5-11(12)9(2)16-17/h7H,4-6H2,1-3H3. The van der Waals surface area contributed by atoms with Gasteiger partial charge in [-0.05, 0) is 45.6 Å². The van der Waals surface area contributed by atoms with Crippen LogP contribution in [0, 0.1) is 20.8 Å². The molecular weight excluding hydrogens is 212 g/mol. The van der Waals surface area contributed by atoms with Gasteiger partial charge in [-0.2, -0.15) is 5.10 Å². The monoisotopic (exact) mass is 228 g/mol. The Morgan fingerprint density at radius 1 is 1.12 bits per heavy atom. The first-order valence-electron chi connectivity index (χ1n) is 6.05. The second-order valence-corrected chi connectivity index (χ2v) is 4.69. The Morgan fingerprint density at radius 2 is 1.94 bits per heavy atom. The highest BCUT2D eigenvalue weighted by Gasteiger charge is 2.21. The first kappa shape index (κ1) is 10.4. The SMILES string of the molecule is Cc1cc(-n2nc(C)c3c2CCC3)nc(C)n1. The normalized spacial score (nSPS) is 14.1. The first-order valence-corrected chi connectivity index (χ1v) is 6.05. The Hall–Kier alpha value is -1.71. The molecule has 0 fully saturated rings. The van der Waals surface area contributed by atoms with E-state index in [0.717, 1.165) is 35.9 Å². The van der Waals surface area contributed by atoms with Crippen LogP contribution >= 0.6 is 0 Å². The van der Waals surface area contributed by atoms with Gasteiger partial charge in [-0.15, -0.1) is 0 Å². The Morgan fingerprint density at radius 3 is 2.71 bits per heavy atom. The molecule has 0 saturated heterocycles. The molecule has 0 aliphatic heterocycles. The molecule has 2 aromatic heterocycles. The highest BCUT2D eigenvalue weighted by Crippen LogP contribution is 2.26. The lowest BCUT2D eigenvalue weighted by atomic mass is 10.2. The van der Waals surface area contributed by atoms with E-state index in [0.29, 0.717) is 0 Å². The summed E-state index contributed by atoms with van der Waals surface area (Å²) < 4.78 is 2.00. The molecule has 0 saturated carbocycles. The summed E-state index contributed by atoms with van der Waals surface area (Å²) in [6.07, 6.45) is 3.50. The van der Waals surface area contributed by atoms with Crippen LogP contribution in [0.15, 0.2) is 6.07 Å². The van der Waals surface area contributed by atoms with Crippen LogP contribution in [0.1, 0.15) is 34.9 Å². The van der Waals surface area contributed by atoms with Crippen molar-refractivity contribution < 1.29 is 0 Å². The minimum atomic E-state index is 0.805. The van der Waals surface area contributed by atoms with Gasteiger partial charge in [0.2, 0.25) is 0 Å². The summed E-state index contributed by atoms with van der Waals surface area (Å²) in [5.41, 5.74) is 4.89. The lowest BCUT2D eigenvalue weighted by Crippen LogP contribution is -2.06. The van der Waals surface area contributed by atoms with Crippen LogP contribution in [-0.2, 0) is 12.8 Å². The maximum atomic E-state index is 4.61. The van der Waals surface area contributed by atoms with E-state index in [1.165, 1.54) is 17.7 Å². The molecular formula is C13H16N4. The fourth-order valence-corrected chi connectivity index (χ4v) is 2.62. The van der Waals surface area contributed by atoms with Gasteiger partial charge < -0.3 is 0 Å². The predicted octanol–water partition coefficient (Wildman–Crippen LogP) is 2.08. The molecule has 0 bridgehead atoms. The first-order chi connectivity index (χ1) is 8.15. The van der Waals surface area contributed by atoms with Crippen molar-refractivity contribution in [3.63, 3.8) is 0 Å². The second kappa shape index (κ2) is 3.65. The molecule has 0 unspecified atom stereocenters. The van der Waals surface area contributed by atoms with Crippen molar-refractivity contribution in [1.29, 1.82) is 0 Å². The van der Waals surface area contributed by atoms with E-state index in [4.69, 9.17) is 0 Å². The smallest absolute Gasteiger partial charge is 0.157 e. The van der Waals surface area contributed by atoms with Gasteiger partial charge in [-0.1, -0.05) is 0 Å². The van der Waals surface area contributed by atoms with Crippen molar-refractivity contribution in [3.8, 4) is 5.82 Å². The van der Waals surface area contributed by atoms with Gasteiger partial charge >= 0.3 is 0 Å². The molecule has 0 spiro atoms. The topological polar surface area (TPSA) is 43.6 Å². The van der Waals surface area contributed by atoms with Crippen molar-refractivity contribution in [2.45, 2.75) is 40.0 Å². The zero-order chi connectivity index (χ0) is 12.0. The zero-order valence-electron chi connectivity index (χ0n) is 10.5. The highest BCUT2D eigenvalue weighted by molar-refractivity contribution is 5.36. The molecule has 0 aromatic carbocycles. The summed E-state index contributed by atoms with van der Waals surface area (Å²) in [7, 11) is 0. The average Bonchev–Trinajstić information content (AvgIpc) is 2.81. The highest BCUT2D eigenvalue weighted by atomic mass is 15.3. The molecule has 4 heteroatoms. The van der Waals surface area contributed by atoms with Crippen molar-refractivity contribution >= 4 is 0 Å². The van der Waals surface area contributed by atoms with Gasteiger partial charge in [-0.25, -0.2) is 14.6 Å². The Balaban J connectivity index is 2.18. The summed E-state index contributed by atoms with van der Waals surface area (Å²) >= 11 is 0. The molecule has 0 amide bonds. The molecule has 17 heavy (non-hydrogen) atoms. The van der Waals surface area contributed by atoms with E-state index in [2.05, 4.69) is 22.0 Å². The quantitative estimate of drug-likeness (QED) is 0.750. The van der Waals surface area contributed by atoms with Crippen LogP contribution in [0.25, 0.3) is 5.82 Å². The third kappa shape index (κ3) is 1.64. The van der Waals surface area contributed by atoms with Gasteiger partial charge in [0.05, 0.1) is 5.69 Å². The van der Waals surface area contributed by atoms with E-state index in [1.807, 2.05) is 24.6 Å². The molecule has 0 atom stereocenters. The van der Waals surface area contributed by atoms with Crippen molar-refractivity contribution in [2.24, 2.45) is 0 Å². The summed E-state index contributed by atoms with van der Waals surface area (Å²) in [5, 5.41) is 4.61. The molecule has 1 aliphatic rings. The number of nitrogens with zero attached hydrogens (tertiary/aromatic N) is 4. The zero-order valence-corrected chi connectivity index (χ0v) is 10.5. The largest absolute Gasteiger partial charge is 0.238 e. The lowest BCUT2D eigenvalue weighted by molar-refractivity contribution is 0.747. The predicted molar refractivity (Wildman–Crippen MR) is 65.4 cm³/mol. The molecule has 2 heterocycles. The minimum absolute atomic E-state index is 0.805. The van der Waals surface area contributed by atoms with Gasteiger partial charge in [0, 0.05) is 17.5 Å². The number of fused-ring (bicyclic) bond motifs is 1. The van der Waals surface area contributed by atoms with E-state index in [9.17, 15) is 0 Å². The van der Waals surface area contributed by atoms with Crippen molar-refractivity contribution in [3.05, 3.63) is 34.5 Å². The molecule has 1 aliphatic carbocycles. The number of aryl methyl sites for hydroxylation is 3. The molecule has 3 rings (SSSR count). The van der Waals surface area contributed by atoms with E-state index in [-0.39, 0.29) is 0 Å². The fourth-order valence-electron chi connectivity index (χ4n) is 2.62. The molecule has 2 aromatic rings. The summed E-state index contributed by atoms with van der Waals surface area (Å²) in [6.45, 7) is 6.00. The van der Waals surface area contributed by atoms with Gasteiger partial charge in [0.15, 0.2) is 5.82 Å². The van der Waals surface area contributed by atoms with E-state index < -0.39 is 0 Å². The molecule has 88 valence electrons. The van der Waals surface area contributed by atoms with Crippen LogP contribution in [-0.4, -0.2) is 19.7 Å². The fraction of sp³-hybridized carbons (Fsp3) is 0.462. The average molecular weight is 228 g/mol. The molecule has 0 radical (unpaired) electrons. The van der Waals surface area contributed by atoms with Gasteiger partial charge in [-0.3, -0.25) is 0 Å². The Labute approximate surface area is 101 Å². The van der Waals surface area contributed by atoms with Gasteiger partial charge in [0.25, 0.3) is 0 Å². The van der Waals surface area contributed by atoms with Crippen molar-refractivity contribution in [1.82, 2.24) is 19.7 Å². The van der Waals surface area contributed by atoms with Gasteiger partial charge in [0.1, 0.15) is 5.82 Å².